The number of likely N-dealkylation sites (tertiary alicyclic amines) is 2. The summed E-state index contributed by atoms with van der Waals surface area (Å²) < 4.78 is 0. The van der Waals surface area contributed by atoms with E-state index in [-0.39, 0.29) is 35.6 Å². The van der Waals surface area contributed by atoms with E-state index in [1.54, 1.807) is 21.9 Å². The van der Waals surface area contributed by atoms with Crippen LogP contribution in [0, 0.1) is 11.8 Å². The molecule has 0 aromatic heterocycles. The number of hydrogen-bond donors (Lipinski definition) is 0. The zero-order valence-electron chi connectivity index (χ0n) is 19.1. The van der Waals surface area contributed by atoms with E-state index < -0.39 is 23.4 Å². The maximum atomic E-state index is 13.8. The molecule has 166 valence electrons. The van der Waals surface area contributed by atoms with E-state index in [0.717, 1.165) is 10.5 Å². The number of nitrogens with zero attached hydrogens (tertiary/aromatic N) is 3. The Hall–Kier alpha value is -2.70. The lowest BCUT2D eigenvalue weighted by molar-refractivity contribution is -0.156. The van der Waals surface area contributed by atoms with Crippen LogP contribution in [0.1, 0.15) is 57.0 Å². The molecular formula is C24H31N3O4. The predicted octanol–water partition coefficient (Wildman–Crippen LogP) is 2.05. The van der Waals surface area contributed by atoms with Gasteiger partial charge < -0.3 is 9.80 Å². The van der Waals surface area contributed by atoms with Gasteiger partial charge in [-0.2, -0.15) is 0 Å². The molecule has 2 bridgehead atoms. The van der Waals surface area contributed by atoms with E-state index in [4.69, 9.17) is 0 Å². The normalized spacial score (nSPS) is 30.3. The summed E-state index contributed by atoms with van der Waals surface area (Å²) in [6.07, 6.45) is 0.290. The average molecular weight is 426 g/mol. The van der Waals surface area contributed by atoms with Crippen LogP contribution in [0.3, 0.4) is 0 Å². The lowest BCUT2D eigenvalue weighted by Gasteiger charge is -2.49. The summed E-state index contributed by atoms with van der Waals surface area (Å²) in [5.74, 6) is -2.64. The smallest absolute Gasteiger partial charge is 0.255 e. The van der Waals surface area contributed by atoms with Gasteiger partial charge in [0.1, 0.15) is 5.54 Å². The minimum Gasteiger partial charge on any atom is -0.339 e. The van der Waals surface area contributed by atoms with Crippen LogP contribution in [-0.4, -0.2) is 70.0 Å². The molecule has 1 aromatic carbocycles. The van der Waals surface area contributed by atoms with Crippen LogP contribution >= 0.6 is 0 Å². The number of amides is 4. The zero-order chi connectivity index (χ0) is 22.9. The Labute approximate surface area is 183 Å². The molecule has 0 aliphatic carbocycles. The Bertz CT molecular complexity index is 964. The molecule has 7 nitrogen and oxygen atoms in total. The fourth-order valence-corrected chi connectivity index (χ4v) is 5.74. The number of piperazine rings is 1. The number of rotatable bonds is 3. The summed E-state index contributed by atoms with van der Waals surface area (Å²) in [5.41, 5.74) is 0.213. The van der Waals surface area contributed by atoms with E-state index in [1.807, 2.05) is 26.0 Å². The molecule has 0 N–H and O–H groups in total. The first kappa shape index (κ1) is 21.5. The van der Waals surface area contributed by atoms with Crippen molar-refractivity contribution in [1.82, 2.24) is 14.7 Å². The zero-order valence-corrected chi connectivity index (χ0v) is 19.1. The number of carbonyl (C=O) groups is 4. The van der Waals surface area contributed by atoms with E-state index in [0.29, 0.717) is 18.5 Å². The van der Waals surface area contributed by atoms with Gasteiger partial charge in [-0.25, -0.2) is 0 Å². The Morgan fingerprint density at radius 1 is 1.06 bits per heavy atom. The Morgan fingerprint density at radius 2 is 1.68 bits per heavy atom. The highest BCUT2D eigenvalue weighted by molar-refractivity contribution is 6.13. The standard InChI is InChI=1S/C24H31N3O4/c1-7-24-18-17(20(29)25(6)21(18)30)16(13-26(8-2)22(24)31)27(24)19(28)14-9-11-15(12-10-14)23(3,4)5/h9-12,16-18H,7-8,13H2,1-6H3/t16?,17?,18?,24-/m1/s1. The van der Waals surface area contributed by atoms with Crippen molar-refractivity contribution >= 4 is 23.6 Å². The lowest BCUT2D eigenvalue weighted by atomic mass is 9.78. The number of imide groups is 1. The molecule has 4 atom stereocenters. The van der Waals surface area contributed by atoms with Crippen molar-refractivity contribution in [2.45, 2.75) is 58.0 Å². The molecule has 0 radical (unpaired) electrons. The van der Waals surface area contributed by atoms with Crippen molar-refractivity contribution in [1.29, 1.82) is 0 Å². The molecule has 4 amide bonds. The molecule has 3 aliphatic rings. The molecule has 31 heavy (non-hydrogen) atoms. The fourth-order valence-electron chi connectivity index (χ4n) is 5.74. The van der Waals surface area contributed by atoms with Crippen molar-refractivity contribution in [2.75, 3.05) is 20.1 Å². The molecule has 3 fully saturated rings. The van der Waals surface area contributed by atoms with Crippen molar-refractivity contribution in [2.24, 2.45) is 11.8 Å². The van der Waals surface area contributed by atoms with Crippen LogP contribution in [0.15, 0.2) is 24.3 Å². The SMILES string of the molecule is CCN1CC2C3C(=O)N(C)C(=O)C3[C@](CC)(C1=O)N2C(=O)c1ccc(C(C)(C)C)cc1. The van der Waals surface area contributed by atoms with E-state index in [1.165, 1.54) is 7.05 Å². The third-order valence-electron chi connectivity index (χ3n) is 7.46. The minimum atomic E-state index is -1.32. The third-order valence-corrected chi connectivity index (χ3v) is 7.46. The van der Waals surface area contributed by atoms with Gasteiger partial charge in [-0.1, -0.05) is 39.8 Å². The largest absolute Gasteiger partial charge is 0.339 e. The molecule has 3 heterocycles. The third kappa shape index (κ3) is 2.71. The predicted molar refractivity (Wildman–Crippen MR) is 115 cm³/mol. The molecule has 0 saturated carbocycles. The van der Waals surface area contributed by atoms with Crippen LogP contribution in [-0.2, 0) is 19.8 Å². The van der Waals surface area contributed by atoms with Crippen molar-refractivity contribution in [3.63, 3.8) is 0 Å². The van der Waals surface area contributed by atoms with E-state index in [9.17, 15) is 19.2 Å². The number of fused-ring (bicyclic) bond motifs is 5. The molecule has 3 saturated heterocycles. The second-order valence-corrected chi connectivity index (χ2v) is 9.93. The molecule has 4 rings (SSSR count). The topological polar surface area (TPSA) is 78.0 Å². The Morgan fingerprint density at radius 3 is 2.19 bits per heavy atom. The van der Waals surface area contributed by atoms with Crippen LogP contribution in [0.2, 0.25) is 0 Å². The lowest BCUT2D eigenvalue weighted by Crippen LogP contribution is -2.69. The number of carbonyl (C=O) groups excluding carboxylic acids is 4. The number of benzene rings is 1. The number of likely N-dealkylation sites (N-methyl/N-ethyl adjacent to an activating group) is 1. The molecule has 3 unspecified atom stereocenters. The van der Waals surface area contributed by atoms with Crippen LogP contribution in [0.25, 0.3) is 0 Å². The van der Waals surface area contributed by atoms with Gasteiger partial charge in [0.15, 0.2) is 0 Å². The highest BCUT2D eigenvalue weighted by Gasteiger charge is 2.74. The summed E-state index contributed by atoms with van der Waals surface area (Å²) in [7, 11) is 1.47. The van der Waals surface area contributed by atoms with E-state index >= 15 is 0 Å². The maximum Gasteiger partial charge on any atom is 0.255 e. The van der Waals surface area contributed by atoms with Gasteiger partial charge in [-0.15, -0.1) is 0 Å². The second kappa shape index (κ2) is 6.90. The molecular weight excluding hydrogens is 394 g/mol. The van der Waals surface area contributed by atoms with Gasteiger partial charge >= 0.3 is 0 Å². The quantitative estimate of drug-likeness (QED) is 0.695. The van der Waals surface area contributed by atoms with Crippen molar-refractivity contribution in [3.8, 4) is 0 Å². The maximum absolute atomic E-state index is 13.8. The summed E-state index contributed by atoms with van der Waals surface area (Å²) in [6.45, 7) is 10.8. The minimum absolute atomic E-state index is 0.0472. The first-order valence-electron chi connectivity index (χ1n) is 11.1. The summed E-state index contributed by atoms with van der Waals surface area (Å²) in [6, 6.07) is 6.94. The highest BCUT2D eigenvalue weighted by Crippen LogP contribution is 2.54. The van der Waals surface area contributed by atoms with Gasteiger partial charge in [0, 0.05) is 25.7 Å². The fraction of sp³-hybridized carbons (Fsp3) is 0.583. The van der Waals surface area contributed by atoms with Crippen molar-refractivity contribution in [3.05, 3.63) is 35.4 Å². The first-order valence-corrected chi connectivity index (χ1v) is 11.1. The van der Waals surface area contributed by atoms with Crippen LogP contribution in [0.4, 0.5) is 0 Å². The van der Waals surface area contributed by atoms with Gasteiger partial charge in [0.2, 0.25) is 17.7 Å². The van der Waals surface area contributed by atoms with Crippen molar-refractivity contribution < 1.29 is 19.2 Å². The van der Waals surface area contributed by atoms with Gasteiger partial charge in [0.05, 0.1) is 17.9 Å². The number of hydrogen-bond acceptors (Lipinski definition) is 4. The average Bonchev–Trinajstić information content (AvgIpc) is 3.11. The van der Waals surface area contributed by atoms with Crippen LogP contribution < -0.4 is 0 Å². The molecule has 0 spiro atoms. The molecule has 7 heteroatoms. The summed E-state index contributed by atoms with van der Waals surface area (Å²) in [4.78, 5) is 57.9. The molecule has 1 aromatic rings. The monoisotopic (exact) mass is 425 g/mol. The Balaban J connectivity index is 1.82. The van der Waals surface area contributed by atoms with Crippen LogP contribution in [0.5, 0.6) is 0 Å². The van der Waals surface area contributed by atoms with Gasteiger partial charge in [-0.3, -0.25) is 24.1 Å². The molecule has 3 aliphatic heterocycles. The summed E-state index contributed by atoms with van der Waals surface area (Å²) >= 11 is 0. The van der Waals surface area contributed by atoms with Gasteiger partial charge in [0.25, 0.3) is 5.91 Å². The van der Waals surface area contributed by atoms with E-state index in [2.05, 4.69) is 20.8 Å². The highest BCUT2D eigenvalue weighted by atomic mass is 16.2. The Kier molecular flexibility index (Phi) is 4.79. The van der Waals surface area contributed by atoms with Gasteiger partial charge in [-0.05, 0) is 36.5 Å². The summed E-state index contributed by atoms with van der Waals surface area (Å²) in [5, 5.41) is 0. The first-order chi connectivity index (χ1) is 14.5. The second-order valence-electron chi connectivity index (χ2n) is 9.93.